The summed E-state index contributed by atoms with van der Waals surface area (Å²) in [6.45, 7) is 9.24. The Morgan fingerprint density at radius 3 is 2.22 bits per heavy atom. The normalized spacial score (nSPS) is 25.1. The SMILES string of the molecule is C=C1CCC(N2Cc3cc(N4CCN(CC5CCC(Oc6ccc([C@@H]7c8ccc(O)cc8CC[C@@H]7c7ccc(C(F)(F)F)cc7)cc6)CC5)CC4)ccc3C2=O)C(=O)N1. The number of aromatic hydroxyl groups is 1. The first-order valence-corrected chi connectivity index (χ1v) is 21.1. The molecule has 3 heterocycles. The molecule has 5 aliphatic rings. The van der Waals surface area contributed by atoms with Gasteiger partial charge in [-0.15, -0.1) is 0 Å². The van der Waals surface area contributed by atoms with Crippen molar-refractivity contribution in [2.24, 2.45) is 5.92 Å². The maximum Gasteiger partial charge on any atom is 0.416 e. The van der Waals surface area contributed by atoms with E-state index in [1.54, 1.807) is 23.1 Å². The van der Waals surface area contributed by atoms with Crippen molar-refractivity contribution in [1.29, 1.82) is 0 Å². The molecule has 4 aromatic carbocycles. The molecule has 1 saturated carbocycles. The Labute approximate surface area is 343 Å². The summed E-state index contributed by atoms with van der Waals surface area (Å²) in [5, 5.41) is 13.0. The van der Waals surface area contributed by atoms with Crippen LogP contribution in [-0.2, 0) is 23.9 Å². The van der Waals surface area contributed by atoms with Gasteiger partial charge in [0.1, 0.15) is 17.5 Å². The van der Waals surface area contributed by atoms with Gasteiger partial charge in [0.2, 0.25) is 5.91 Å². The topological polar surface area (TPSA) is 85.4 Å². The van der Waals surface area contributed by atoms with E-state index in [0.717, 1.165) is 111 Å². The lowest BCUT2D eigenvalue weighted by Gasteiger charge is -2.39. The molecule has 0 radical (unpaired) electrons. The Morgan fingerprint density at radius 1 is 0.780 bits per heavy atom. The molecule has 308 valence electrons. The van der Waals surface area contributed by atoms with E-state index in [-0.39, 0.29) is 35.5 Å². The number of aryl methyl sites for hydroxylation is 1. The van der Waals surface area contributed by atoms with Crippen LogP contribution in [0.25, 0.3) is 0 Å². The first kappa shape index (κ1) is 39.2. The van der Waals surface area contributed by atoms with Gasteiger partial charge < -0.3 is 25.0 Å². The van der Waals surface area contributed by atoms with Crippen molar-refractivity contribution in [3.05, 3.63) is 136 Å². The molecule has 8 nitrogen and oxygen atoms in total. The van der Waals surface area contributed by atoms with Crippen LogP contribution in [0.2, 0.25) is 0 Å². The molecule has 11 heteroatoms. The minimum atomic E-state index is -4.38. The molecule has 2 N–H and O–H groups in total. The van der Waals surface area contributed by atoms with Gasteiger partial charge in [0.15, 0.2) is 0 Å². The van der Waals surface area contributed by atoms with Crippen LogP contribution in [-0.4, -0.2) is 71.6 Å². The van der Waals surface area contributed by atoms with Gasteiger partial charge in [-0.05, 0) is 146 Å². The number of halogens is 3. The van der Waals surface area contributed by atoms with Crippen LogP contribution < -0.4 is 15.0 Å². The molecule has 59 heavy (non-hydrogen) atoms. The predicted molar refractivity (Wildman–Crippen MR) is 221 cm³/mol. The van der Waals surface area contributed by atoms with E-state index in [0.29, 0.717) is 36.6 Å². The van der Waals surface area contributed by atoms with Crippen LogP contribution >= 0.6 is 0 Å². The number of alkyl halides is 3. The second kappa shape index (κ2) is 16.0. The number of ether oxygens (including phenoxy) is 1. The van der Waals surface area contributed by atoms with Crippen molar-refractivity contribution in [3.63, 3.8) is 0 Å². The fraction of sp³-hybridized carbons (Fsp3) is 0.417. The largest absolute Gasteiger partial charge is 0.508 e. The number of phenols is 1. The summed E-state index contributed by atoms with van der Waals surface area (Å²) in [5.74, 6) is 1.40. The number of rotatable bonds is 8. The lowest BCUT2D eigenvalue weighted by Crippen LogP contribution is -2.49. The van der Waals surface area contributed by atoms with Crippen molar-refractivity contribution < 1.29 is 32.6 Å². The standard InChI is InChI=1S/C48H51F3N4O4/c1-30-2-21-44(46(57)52-30)55-29-35-26-37(12-19-43(35)47(55)58)54-24-22-53(23-25-54)28-31-3-14-39(15-4-31)59-40-16-7-33(8-17-40)45-41(18-9-34-27-38(56)13-20-42(34)45)32-5-10-36(11-6-32)48(49,50)51/h5-8,10-13,16-17,19-20,26-27,31,39,41,44-45,56H,1-4,9,14-15,18,21-25,28-29H2,(H,52,57)/t31?,39?,41-,44?,45+/m1/s1. The van der Waals surface area contributed by atoms with Crippen LogP contribution in [0.5, 0.6) is 11.5 Å². The molecule has 0 aromatic heterocycles. The Kier molecular flexibility index (Phi) is 10.7. The molecule has 2 saturated heterocycles. The van der Waals surface area contributed by atoms with Crippen LogP contribution in [0.1, 0.15) is 101 Å². The molecule has 2 aliphatic carbocycles. The number of phenolic OH excluding ortho intramolecular Hbond substituents is 1. The van der Waals surface area contributed by atoms with Crippen molar-refractivity contribution in [2.75, 3.05) is 37.6 Å². The van der Waals surface area contributed by atoms with Crippen LogP contribution in [0.3, 0.4) is 0 Å². The molecule has 9 rings (SSSR count). The van der Waals surface area contributed by atoms with E-state index in [1.165, 1.54) is 12.1 Å². The third-order valence-corrected chi connectivity index (χ3v) is 13.5. The molecule has 3 fully saturated rings. The number of benzene rings is 4. The maximum absolute atomic E-state index is 13.4. The minimum absolute atomic E-state index is 0.00309. The highest BCUT2D eigenvalue weighted by molar-refractivity contribution is 6.01. The average Bonchev–Trinajstić information content (AvgIpc) is 3.56. The fourth-order valence-electron chi connectivity index (χ4n) is 10.3. The number of piperidine rings is 1. The van der Waals surface area contributed by atoms with E-state index >= 15 is 0 Å². The summed E-state index contributed by atoms with van der Waals surface area (Å²) in [6.07, 6.45) is 2.82. The summed E-state index contributed by atoms with van der Waals surface area (Å²) in [4.78, 5) is 32.5. The zero-order chi connectivity index (χ0) is 40.8. The van der Waals surface area contributed by atoms with Crippen LogP contribution in [0.4, 0.5) is 18.9 Å². The predicted octanol–water partition coefficient (Wildman–Crippen LogP) is 8.78. The van der Waals surface area contributed by atoms with E-state index in [2.05, 4.69) is 46.0 Å². The molecule has 2 amide bonds. The highest BCUT2D eigenvalue weighted by Gasteiger charge is 2.39. The van der Waals surface area contributed by atoms with E-state index in [1.807, 2.05) is 30.3 Å². The van der Waals surface area contributed by atoms with Crippen molar-refractivity contribution >= 4 is 17.5 Å². The van der Waals surface area contributed by atoms with Gasteiger partial charge in [-0.1, -0.05) is 36.9 Å². The summed E-state index contributed by atoms with van der Waals surface area (Å²) < 4.78 is 46.6. The zero-order valence-corrected chi connectivity index (χ0v) is 33.2. The number of nitrogens with one attached hydrogen (secondary N) is 1. The zero-order valence-electron chi connectivity index (χ0n) is 33.2. The first-order chi connectivity index (χ1) is 28.5. The molecule has 4 aromatic rings. The maximum atomic E-state index is 13.4. The van der Waals surface area contributed by atoms with Gasteiger partial charge in [-0.3, -0.25) is 14.5 Å². The summed E-state index contributed by atoms with van der Waals surface area (Å²) in [5.41, 5.74) is 7.01. The van der Waals surface area contributed by atoms with E-state index < -0.39 is 17.8 Å². The Balaban J connectivity index is 0.766. The molecule has 1 unspecified atom stereocenters. The molecular weight excluding hydrogens is 754 g/mol. The van der Waals surface area contributed by atoms with Gasteiger partial charge in [-0.25, -0.2) is 0 Å². The molecule has 3 aliphatic heterocycles. The van der Waals surface area contributed by atoms with Gasteiger partial charge in [-0.2, -0.15) is 13.2 Å². The van der Waals surface area contributed by atoms with E-state index in [9.17, 15) is 27.9 Å². The lowest BCUT2D eigenvalue weighted by atomic mass is 9.69. The van der Waals surface area contributed by atoms with Crippen LogP contribution in [0.15, 0.2) is 97.2 Å². The highest BCUT2D eigenvalue weighted by Crippen LogP contribution is 2.48. The minimum Gasteiger partial charge on any atom is -0.508 e. The third kappa shape index (κ3) is 8.18. The lowest BCUT2D eigenvalue weighted by molar-refractivity contribution is -0.137. The number of amides is 2. The molecule has 0 spiro atoms. The smallest absolute Gasteiger partial charge is 0.416 e. The number of hydrogen-bond donors (Lipinski definition) is 2. The van der Waals surface area contributed by atoms with Crippen LogP contribution in [0, 0.1) is 5.92 Å². The Hall–Kier alpha value is -5.29. The van der Waals surface area contributed by atoms with E-state index in [4.69, 9.17) is 4.74 Å². The second-order valence-electron chi connectivity index (χ2n) is 17.2. The number of fused-ring (bicyclic) bond motifs is 2. The summed E-state index contributed by atoms with van der Waals surface area (Å²) in [7, 11) is 0. The van der Waals surface area contributed by atoms with Gasteiger partial charge in [0.05, 0.1) is 11.7 Å². The molecular formula is C48H51F3N4O4. The van der Waals surface area contributed by atoms with Crippen molar-refractivity contribution in [1.82, 2.24) is 15.1 Å². The molecule has 0 bridgehead atoms. The monoisotopic (exact) mass is 804 g/mol. The number of carbonyl (C=O) groups is 2. The summed E-state index contributed by atoms with van der Waals surface area (Å²) >= 11 is 0. The summed E-state index contributed by atoms with van der Waals surface area (Å²) in [6, 6.07) is 25.0. The number of anilines is 1. The number of hydrogen-bond acceptors (Lipinski definition) is 6. The number of allylic oxidation sites excluding steroid dienone is 1. The Bertz CT molecular complexity index is 2210. The fourth-order valence-corrected chi connectivity index (χ4v) is 10.3. The van der Waals surface area contributed by atoms with Gasteiger partial charge in [0.25, 0.3) is 5.91 Å². The highest BCUT2D eigenvalue weighted by atomic mass is 19.4. The van der Waals surface area contributed by atoms with Crippen molar-refractivity contribution in [3.8, 4) is 11.5 Å². The van der Waals surface area contributed by atoms with Gasteiger partial charge >= 0.3 is 6.18 Å². The first-order valence-electron chi connectivity index (χ1n) is 21.1. The Morgan fingerprint density at radius 2 is 1.51 bits per heavy atom. The average molecular weight is 805 g/mol. The van der Waals surface area contributed by atoms with Crippen molar-refractivity contribution in [2.45, 2.75) is 88.1 Å². The number of nitrogens with zero attached hydrogens (tertiary/aromatic N) is 3. The molecule has 3 atom stereocenters. The third-order valence-electron chi connectivity index (χ3n) is 13.5. The van der Waals surface area contributed by atoms with Gasteiger partial charge in [0, 0.05) is 62.1 Å². The number of piperazine rings is 1. The quantitative estimate of drug-likeness (QED) is 0.185. The number of carbonyl (C=O) groups excluding carboxylic acids is 2. The second-order valence-corrected chi connectivity index (χ2v) is 17.2.